The summed E-state index contributed by atoms with van der Waals surface area (Å²) in [6, 6.07) is 15.4. The first-order valence-electron chi connectivity index (χ1n) is 11.1. The van der Waals surface area contributed by atoms with Gasteiger partial charge in [-0.25, -0.2) is 4.98 Å². The van der Waals surface area contributed by atoms with E-state index >= 15 is 0 Å². The van der Waals surface area contributed by atoms with E-state index in [0.29, 0.717) is 35.2 Å². The predicted molar refractivity (Wildman–Crippen MR) is 134 cm³/mol. The number of hydrogen-bond acceptors (Lipinski definition) is 8. The van der Waals surface area contributed by atoms with Gasteiger partial charge in [0.05, 0.1) is 34.1 Å². The van der Waals surface area contributed by atoms with Crippen LogP contribution in [0.2, 0.25) is 0 Å². The highest BCUT2D eigenvalue weighted by molar-refractivity contribution is 7.22. The third kappa shape index (κ3) is 3.43. The summed E-state index contributed by atoms with van der Waals surface area (Å²) < 4.78 is 6.60. The maximum atomic E-state index is 13.4. The second kappa shape index (κ2) is 8.21. The fourth-order valence-corrected chi connectivity index (χ4v) is 5.50. The van der Waals surface area contributed by atoms with E-state index in [9.17, 15) is 14.7 Å². The van der Waals surface area contributed by atoms with Gasteiger partial charge in [-0.1, -0.05) is 23.5 Å². The number of ether oxygens (including phenoxy) is 1. The van der Waals surface area contributed by atoms with E-state index in [1.54, 1.807) is 42.7 Å². The Balaban J connectivity index is 1.54. The van der Waals surface area contributed by atoms with Crippen LogP contribution in [0.5, 0.6) is 5.75 Å². The van der Waals surface area contributed by atoms with Crippen LogP contribution in [-0.2, 0) is 9.59 Å². The zero-order valence-corrected chi connectivity index (χ0v) is 19.5. The van der Waals surface area contributed by atoms with Gasteiger partial charge in [0, 0.05) is 25.0 Å². The molecule has 0 bridgehead atoms. The van der Waals surface area contributed by atoms with Gasteiger partial charge in [-0.05, 0) is 48.0 Å². The number of aromatic nitrogens is 2. The van der Waals surface area contributed by atoms with Gasteiger partial charge >= 0.3 is 5.91 Å². The molecule has 2 aliphatic rings. The molecule has 174 valence electrons. The summed E-state index contributed by atoms with van der Waals surface area (Å²) >= 11 is 1.33. The van der Waals surface area contributed by atoms with Gasteiger partial charge in [0.2, 0.25) is 0 Å². The van der Waals surface area contributed by atoms with Gasteiger partial charge < -0.3 is 14.7 Å². The highest BCUT2D eigenvalue weighted by atomic mass is 32.1. The van der Waals surface area contributed by atoms with Crippen LogP contribution in [0.4, 0.5) is 10.8 Å². The first kappa shape index (κ1) is 21.3. The van der Waals surface area contributed by atoms with Crippen LogP contribution in [0.25, 0.3) is 16.0 Å². The molecule has 2 aromatic heterocycles. The predicted octanol–water partition coefficient (Wildman–Crippen LogP) is 4.15. The minimum Gasteiger partial charge on any atom is -0.507 e. The first-order chi connectivity index (χ1) is 17.0. The number of carbonyl (C=O) groups is 2. The van der Waals surface area contributed by atoms with E-state index < -0.39 is 17.7 Å². The van der Waals surface area contributed by atoms with Crippen molar-refractivity contribution in [2.75, 3.05) is 30.0 Å². The third-order valence-electron chi connectivity index (χ3n) is 6.28. The number of amides is 1. The van der Waals surface area contributed by atoms with Crippen molar-refractivity contribution in [1.82, 2.24) is 9.97 Å². The minimum atomic E-state index is -0.844. The summed E-state index contributed by atoms with van der Waals surface area (Å²) in [4.78, 5) is 38.8. The largest absolute Gasteiger partial charge is 0.507 e. The van der Waals surface area contributed by atoms with Gasteiger partial charge in [-0.15, -0.1) is 0 Å². The molecule has 0 saturated carbocycles. The van der Waals surface area contributed by atoms with E-state index in [4.69, 9.17) is 4.74 Å². The Labute approximate surface area is 204 Å². The molecule has 2 aliphatic heterocycles. The number of Topliss-reactive ketones (excluding diaryl/α,β-unsaturated/α-hetero) is 1. The van der Waals surface area contributed by atoms with Crippen molar-refractivity contribution < 1.29 is 19.4 Å². The van der Waals surface area contributed by atoms with Crippen molar-refractivity contribution in [3.8, 4) is 5.75 Å². The Bertz CT molecular complexity index is 1480. The van der Waals surface area contributed by atoms with Crippen molar-refractivity contribution in [1.29, 1.82) is 0 Å². The zero-order chi connectivity index (χ0) is 24.1. The monoisotopic (exact) mass is 484 g/mol. The molecule has 2 aromatic carbocycles. The fraction of sp³-hybridized carbons (Fsp3) is 0.154. The van der Waals surface area contributed by atoms with Crippen molar-refractivity contribution in [3.05, 3.63) is 83.7 Å². The molecule has 4 aromatic rings. The molecule has 0 aliphatic carbocycles. The third-order valence-corrected chi connectivity index (χ3v) is 7.32. The first-order valence-corrected chi connectivity index (χ1v) is 11.9. The number of thiazole rings is 1. The molecule has 1 N–H and O–H groups in total. The lowest BCUT2D eigenvalue weighted by molar-refractivity contribution is -0.132. The molecule has 0 radical (unpaired) electrons. The summed E-state index contributed by atoms with van der Waals surface area (Å²) in [5, 5.41) is 11.8. The second-order valence-corrected chi connectivity index (χ2v) is 9.38. The molecule has 4 heterocycles. The fourth-order valence-electron chi connectivity index (χ4n) is 4.51. The van der Waals surface area contributed by atoms with Gasteiger partial charge in [0.15, 0.2) is 5.13 Å². The quantitative estimate of drug-likeness (QED) is 0.265. The Morgan fingerprint density at radius 3 is 2.71 bits per heavy atom. The molecule has 8 nitrogen and oxygen atoms in total. The summed E-state index contributed by atoms with van der Waals surface area (Å²) in [5.74, 6) is -1.02. The molecule has 1 amide bonds. The number of benzene rings is 2. The standard InChI is InChI=1S/C26H20N4O4S/c1-29-12-13-34-19-7-6-16(14-18(19)29)23(31)21-22(15-8-10-27-11-9-15)30(25(33)24(21)32)26-28-17-4-2-3-5-20(17)35-26/h2-11,14,22,31H,12-13H2,1H3/b23-21+. The number of nitrogens with zero attached hydrogens (tertiary/aromatic N) is 4. The number of ketones is 1. The number of fused-ring (bicyclic) bond motifs is 2. The number of aliphatic hydroxyl groups excluding tert-OH is 1. The molecule has 1 saturated heterocycles. The molecule has 9 heteroatoms. The van der Waals surface area contributed by atoms with Crippen molar-refractivity contribution in [2.24, 2.45) is 0 Å². The van der Waals surface area contributed by atoms with Gasteiger partial charge in [0.1, 0.15) is 18.1 Å². The normalized spacial score (nSPS) is 19.2. The number of hydrogen-bond donors (Lipinski definition) is 1. The lowest BCUT2D eigenvalue weighted by atomic mass is 9.95. The van der Waals surface area contributed by atoms with Crippen LogP contribution < -0.4 is 14.5 Å². The van der Waals surface area contributed by atoms with E-state index in [1.807, 2.05) is 36.2 Å². The molecule has 0 spiro atoms. The Kier molecular flexibility index (Phi) is 5.00. The SMILES string of the molecule is CN1CCOc2ccc(/C(O)=C3\C(=O)C(=O)N(c4nc5ccccc5s4)C3c3ccncc3)cc21. The van der Waals surface area contributed by atoms with E-state index in [2.05, 4.69) is 9.97 Å². The number of likely N-dealkylation sites (N-methyl/N-ethyl adjacent to an activating group) is 1. The van der Waals surface area contributed by atoms with E-state index in [-0.39, 0.29) is 11.3 Å². The molecule has 1 atom stereocenters. The molecule has 1 fully saturated rings. The van der Waals surface area contributed by atoms with Crippen molar-refractivity contribution in [2.45, 2.75) is 6.04 Å². The zero-order valence-electron chi connectivity index (χ0n) is 18.7. The molecule has 35 heavy (non-hydrogen) atoms. The average Bonchev–Trinajstić information content (AvgIpc) is 3.42. The Morgan fingerprint density at radius 2 is 1.91 bits per heavy atom. The maximum absolute atomic E-state index is 13.4. The average molecular weight is 485 g/mol. The van der Waals surface area contributed by atoms with Crippen LogP contribution >= 0.6 is 11.3 Å². The van der Waals surface area contributed by atoms with Crippen LogP contribution in [-0.4, -0.2) is 47.0 Å². The smallest absolute Gasteiger partial charge is 0.301 e. The summed E-state index contributed by atoms with van der Waals surface area (Å²) in [7, 11) is 1.94. The van der Waals surface area contributed by atoms with E-state index in [0.717, 1.165) is 15.9 Å². The van der Waals surface area contributed by atoms with Gasteiger partial charge in [-0.2, -0.15) is 0 Å². The number of anilines is 2. The number of carbonyl (C=O) groups excluding carboxylic acids is 2. The van der Waals surface area contributed by atoms with Gasteiger partial charge in [0.25, 0.3) is 5.78 Å². The lowest BCUT2D eigenvalue weighted by Gasteiger charge is -2.28. The molecule has 1 unspecified atom stereocenters. The Hall–Kier alpha value is -4.24. The van der Waals surface area contributed by atoms with Crippen molar-refractivity contribution >= 4 is 49.8 Å². The minimum absolute atomic E-state index is 0.0137. The highest BCUT2D eigenvalue weighted by Gasteiger charge is 2.48. The topological polar surface area (TPSA) is 95.9 Å². The van der Waals surface area contributed by atoms with Crippen LogP contribution in [0.3, 0.4) is 0 Å². The van der Waals surface area contributed by atoms with Crippen molar-refractivity contribution in [3.63, 3.8) is 0 Å². The number of pyridine rings is 1. The summed E-state index contributed by atoms with van der Waals surface area (Å²) in [6.45, 7) is 1.28. The van der Waals surface area contributed by atoms with Crippen LogP contribution in [0, 0.1) is 0 Å². The summed E-state index contributed by atoms with van der Waals surface area (Å²) in [5.41, 5.74) is 2.64. The van der Waals surface area contributed by atoms with Crippen LogP contribution in [0.15, 0.2) is 72.6 Å². The number of para-hydroxylation sites is 1. The highest BCUT2D eigenvalue weighted by Crippen LogP contribution is 2.44. The molecule has 6 rings (SSSR count). The summed E-state index contributed by atoms with van der Waals surface area (Å²) in [6.07, 6.45) is 3.19. The Morgan fingerprint density at radius 1 is 1.11 bits per heavy atom. The lowest BCUT2D eigenvalue weighted by Crippen LogP contribution is -2.29. The molecular formula is C26H20N4O4S. The number of aliphatic hydroxyl groups is 1. The van der Waals surface area contributed by atoms with E-state index in [1.165, 1.54) is 16.2 Å². The number of rotatable bonds is 3. The maximum Gasteiger partial charge on any atom is 0.301 e. The van der Waals surface area contributed by atoms with Gasteiger partial charge in [-0.3, -0.25) is 19.5 Å². The second-order valence-electron chi connectivity index (χ2n) is 8.37. The molecular weight excluding hydrogens is 464 g/mol. The van der Waals surface area contributed by atoms with Crippen LogP contribution in [0.1, 0.15) is 17.2 Å².